The molecule has 0 unspecified atom stereocenters. The SMILES string of the molecule is O=C([O-])C(F)(F)F.O=C([O-])C(F)(F)F.O=C([O-])C(F)(F)F.[NH3+][C@@H](Cc1ccccc1)C(=O)Nc1cccc(-c2cc(-c3cccc(NC(=O)[C@@H]([NH3+])Cc4ccccc4)c3)cc(-c3cccc(NC(=O)[C@@H]([NH3+])Cc4ccccc4)c3)c2)c1. The predicted octanol–water partition coefficient (Wildman–Crippen LogP) is 3.96. The highest BCUT2D eigenvalue weighted by Gasteiger charge is 2.30. The van der Waals surface area contributed by atoms with Gasteiger partial charge in [-0.2, -0.15) is 39.5 Å². The van der Waals surface area contributed by atoms with E-state index >= 15 is 0 Å². The average Bonchev–Trinajstić information content (AvgIpc) is 3.44. The van der Waals surface area contributed by atoms with Crippen molar-refractivity contribution < 1.29 is 101 Å². The van der Waals surface area contributed by atoms with Crippen LogP contribution in [0.5, 0.6) is 0 Å². The molecular formula is C57H51F9N6O9. The van der Waals surface area contributed by atoms with Crippen LogP contribution in [0, 0.1) is 0 Å². The summed E-state index contributed by atoms with van der Waals surface area (Å²) in [7, 11) is 0. The van der Waals surface area contributed by atoms with Gasteiger partial charge in [-0.1, -0.05) is 127 Å². The molecule has 81 heavy (non-hydrogen) atoms. The van der Waals surface area contributed by atoms with Gasteiger partial charge in [0.2, 0.25) is 0 Å². The molecule has 426 valence electrons. The molecule has 7 aromatic rings. The number of hydrogen-bond donors (Lipinski definition) is 6. The van der Waals surface area contributed by atoms with Gasteiger partial charge >= 0.3 is 18.5 Å². The number of rotatable bonds is 15. The summed E-state index contributed by atoms with van der Waals surface area (Å²) in [5.74, 6) is -9.51. The Hall–Kier alpha value is -9.39. The second-order valence-corrected chi connectivity index (χ2v) is 17.5. The molecule has 7 aromatic carbocycles. The van der Waals surface area contributed by atoms with E-state index in [0.717, 1.165) is 50.1 Å². The van der Waals surface area contributed by atoms with Crippen molar-refractivity contribution in [1.29, 1.82) is 0 Å². The lowest BCUT2D eigenvalue weighted by atomic mass is 9.93. The van der Waals surface area contributed by atoms with Crippen LogP contribution < -0.4 is 48.5 Å². The Morgan fingerprint density at radius 1 is 0.333 bits per heavy atom. The number of carboxylic acid groups (broad SMARTS) is 3. The van der Waals surface area contributed by atoms with Crippen LogP contribution in [0.1, 0.15) is 16.7 Å². The fourth-order valence-electron chi connectivity index (χ4n) is 7.16. The van der Waals surface area contributed by atoms with Crippen molar-refractivity contribution in [3.8, 4) is 33.4 Å². The number of carbonyl (C=O) groups is 6. The molecule has 0 saturated carbocycles. The van der Waals surface area contributed by atoms with Crippen LogP contribution in [0.3, 0.4) is 0 Å². The predicted molar refractivity (Wildman–Crippen MR) is 272 cm³/mol. The van der Waals surface area contributed by atoms with Crippen LogP contribution in [0.2, 0.25) is 0 Å². The standard InChI is InChI=1S/C51H48N6O3.3C2HF3O2/c52-46(25-34-13-4-1-5-14-34)49(58)55-43-22-10-19-37(31-43)40-28-41(38-20-11-23-44(32-38)56-50(59)47(53)26-35-15-6-2-7-16-35)30-42(29-40)39-21-12-24-45(33-39)57-51(60)48(54)27-36-17-8-3-9-18-36;3*3-2(4,5)1(6)7/h1-24,28-33,46-48H,25-27,52-54H2,(H,55,58)(H,56,59)(H,57,60);3*(H,6,7)/t46-,47-,48-;;;/m0.../s1. The zero-order valence-electron chi connectivity index (χ0n) is 42.4. The van der Waals surface area contributed by atoms with E-state index in [1.54, 1.807) is 0 Å². The van der Waals surface area contributed by atoms with Crippen LogP contribution in [-0.2, 0) is 48.0 Å². The molecule has 0 heterocycles. The monoisotopic (exact) mass is 1130 g/mol. The van der Waals surface area contributed by atoms with Crippen molar-refractivity contribution in [3.05, 3.63) is 199 Å². The van der Waals surface area contributed by atoms with E-state index in [0.29, 0.717) is 36.3 Å². The normalized spacial score (nSPS) is 12.1. The van der Waals surface area contributed by atoms with Gasteiger partial charge in [-0.05, 0) is 105 Å². The first-order valence-electron chi connectivity index (χ1n) is 23.8. The average molecular weight is 1140 g/mol. The van der Waals surface area contributed by atoms with Crippen molar-refractivity contribution in [2.45, 2.75) is 55.9 Å². The quantitative estimate of drug-likeness (QED) is 0.0809. The van der Waals surface area contributed by atoms with Gasteiger partial charge in [0.1, 0.15) is 17.9 Å². The van der Waals surface area contributed by atoms with Crippen molar-refractivity contribution in [1.82, 2.24) is 0 Å². The first-order chi connectivity index (χ1) is 38.0. The van der Waals surface area contributed by atoms with Crippen LogP contribution in [0.4, 0.5) is 56.6 Å². The summed E-state index contributed by atoms with van der Waals surface area (Å²) in [6.07, 6.45) is -14.0. The smallest absolute Gasteiger partial charge is 0.430 e. The molecule has 0 aromatic heterocycles. The zero-order valence-corrected chi connectivity index (χ0v) is 42.4. The highest BCUT2D eigenvalue weighted by molar-refractivity contribution is 5.97. The summed E-state index contributed by atoms with van der Waals surface area (Å²) in [5, 5.41) is 35.6. The highest BCUT2D eigenvalue weighted by atomic mass is 19.4. The number of carbonyl (C=O) groups excluding carboxylic acids is 6. The maximum atomic E-state index is 13.3. The van der Waals surface area contributed by atoms with Crippen molar-refractivity contribution in [2.75, 3.05) is 16.0 Å². The molecule has 0 aliphatic heterocycles. The first kappa shape index (κ1) is 64.1. The minimum atomic E-state index is -5.19. The maximum Gasteiger partial charge on any atom is 0.430 e. The van der Waals surface area contributed by atoms with Crippen molar-refractivity contribution >= 4 is 52.7 Å². The molecule has 0 saturated heterocycles. The van der Waals surface area contributed by atoms with Gasteiger partial charge in [0, 0.05) is 36.3 Å². The molecule has 15 nitrogen and oxygen atoms in total. The van der Waals surface area contributed by atoms with E-state index in [4.69, 9.17) is 29.7 Å². The number of nitrogens with one attached hydrogen (secondary N) is 3. The first-order valence-corrected chi connectivity index (χ1v) is 23.8. The number of alkyl halides is 9. The van der Waals surface area contributed by atoms with Crippen LogP contribution in [0.15, 0.2) is 182 Å². The minimum Gasteiger partial charge on any atom is -0.542 e. The molecule has 3 atom stereocenters. The summed E-state index contributed by atoms with van der Waals surface area (Å²) in [5.41, 5.74) is 23.0. The summed E-state index contributed by atoms with van der Waals surface area (Å²) in [4.78, 5) is 66.2. The largest absolute Gasteiger partial charge is 0.542 e. The van der Waals surface area contributed by atoms with Crippen molar-refractivity contribution in [3.63, 3.8) is 0 Å². The Morgan fingerprint density at radius 3 is 0.741 bits per heavy atom. The molecule has 7 rings (SSSR count). The number of halogens is 9. The van der Waals surface area contributed by atoms with Gasteiger partial charge in [0.15, 0.2) is 18.1 Å². The molecule has 3 amide bonds. The third-order valence-electron chi connectivity index (χ3n) is 11.1. The van der Waals surface area contributed by atoms with E-state index < -0.39 is 54.6 Å². The van der Waals surface area contributed by atoms with E-state index in [1.807, 2.05) is 164 Å². The van der Waals surface area contributed by atoms with Crippen LogP contribution >= 0.6 is 0 Å². The van der Waals surface area contributed by atoms with E-state index in [-0.39, 0.29) is 17.7 Å². The Labute approximate surface area is 456 Å². The molecular weight excluding hydrogens is 1080 g/mol. The Kier molecular flexibility index (Phi) is 23.4. The van der Waals surface area contributed by atoms with E-state index in [2.05, 4.69) is 51.4 Å². The number of aliphatic carboxylic acids is 3. The molecule has 0 fully saturated rings. The van der Waals surface area contributed by atoms with Gasteiger partial charge in [-0.15, -0.1) is 0 Å². The summed E-state index contributed by atoms with van der Waals surface area (Å²) >= 11 is 0. The Morgan fingerprint density at radius 2 is 0.543 bits per heavy atom. The number of hydrogen-bond acceptors (Lipinski definition) is 9. The van der Waals surface area contributed by atoms with Crippen LogP contribution in [0.25, 0.3) is 33.4 Å². The summed E-state index contributed by atoms with van der Waals surface area (Å²) in [6.45, 7) is 0. The summed E-state index contributed by atoms with van der Waals surface area (Å²) < 4.78 is 94.6. The van der Waals surface area contributed by atoms with Gasteiger partial charge in [0.25, 0.3) is 17.7 Å². The van der Waals surface area contributed by atoms with E-state index in [9.17, 15) is 53.9 Å². The molecule has 24 heteroatoms. The lowest BCUT2D eigenvalue weighted by Gasteiger charge is -2.15. The second-order valence-electron chi connectivity index (χ2n) is 17.5. The third-order valence-corrected chi connectivity index (χ3v) is 11.1. The molecule has 0 aliphatic rings. The van der Waals surface area contributed by atoms with E-state index in [1.165, 1.54) is 0 Å². The minimum absolute atomic E-state index is 0.162. The second kappa shape index (κ2) is 29.5. The number of benzene rings is 7. The van der Waals surface area contributed by atoms with Gasteiger partial charge in [-0.25, -0.2) is 0 Å². The lowest BCUT2D eigenvalue weighted by Crippen LogP contribution is -2.67. The third kappa shape index (κ3) is 22.1. The highest BCUT2D eigenvalue weighted by Crippen LogP contribution is 2.35. The van der Waals surface area contributed by atoms with Crippen molar-refractivity contribution in [2.24, 2.45) is 0 Å². The zero-order chi connectivity index (χ0) is 60.1. The molecule has 0 bridgehead atoms. The maximum absolute atomic E-state index is 13.3. The number of amides is 3. The van der Waals surface area contributed by atoms with Crippen LogP contribution in [-0.4, -0.2) is 72.3 Å². The number of carboxylic acids is 3. The van der Waals surface area contributed by atoms with Gasteiger partial charge in [0.05, 0.1) is 0 Å². The Bertz CT molecular complexity index is 2890. The fourth-order valence-corrected chi connectivity index (χ4v) is 7.16. The number of quaternary nitrogens is 3. The van der Waals surface area contributed by atoms with Gasteiger partial charge in [-0.3, -0.25) is 14.4 Å². The Balaban J connectivity index is 0.000000569. The van der Waals surface area contributed by atoms with Gasteiger partial charge < -0.3 is 62.9 Å². The molecule has 0 aliphatic carbocycles. The fraction of sp³-hybridized carbons (Fsp3) is 0.158. The molecule has 0 radical (unpaired) electrons. The topological polar surface area (TPSA) is 291 Å². The summed E-state index contributed by atoms with van der Waals surface area (Å²) in [6, 6.07) is 57.8. The molecule has 12 N–H and O–H groups in total. The lowest BCUT2D eigenvalue weighted by molar-refractivity contribution is -0.402. The number of anilines is 3. The molecule has 0 spiro atoms.